The van der Waals surface area contributed by atoms with Gasteiger partial charge in [0.15, 0.2) is 11.5 Å². The molecule has 1 aliphatic rings. The monoisotopic (exact) mass is 506 g/mol. The second kappa shape index (κ2) is 9.25. The lowest BCUT2D eigenvalue weighted by atomic mass is 9.96. The third-order valence-electron chi connectivity index (χ3n) is 6.10. The number of ether oxygens (including phenoxy) is 2. The van der Waals surface area contributed by atoms with Crippen LogP contribution in [-0.2, 0) is 16.6 Å². The minimum Gasteiger partial charge on any atom is -0.493 e. The summed E-state index contributed by atoms with van der Waals surface area (Å²) < 4.78 is 38.2. The Kier molecular flexibility index (Phi) is 6.10. The SMILES string of the molecule is COc1cc2nc(N3Cc4ccccc4C(NS(C)(=O)=O)C3)nc(N)c2c(-c2ccccn2)c1OC. The number of fused-ring (bicyclic) bond motifs is 2. The number of methoxy groups -OCH3 is 2. The lowest BCUT2D eigenvalue weighted by Gasteiger charge is -2.35. The maximum absolute atomic E-state index is 12.1. The maximum atomic E-state index is 12.1. The van der Waals surface area contributed by atoms with Crippen LogP contribution in [0.3, 0.4) is 0 Å². The van der Waals surface area contributed by atoms with Gasteiger partial charge in [0.2, 0.25) is 16.0 Å². The van der Waals surface area contributed by atoms with Gasteiger partial charge in [0.05, 0.1) is 48.7 Å². The minimum atomic E-state index is -3.45. The van der Waals surface area contributed by atoms with Gasteiger partial charge in [-0.3, -0.25) is 4.98 Å². The summed E-state index contributed by atoms with van der Waals surface area (Å²) in [5.74, 6) is 1.60. The summed E-state index contributed by atoms with van der Waals surface area (Å²) >= 11 is 0. The summed E-state index contributed by atoms with van der Waals surface area (Å²) in [5.41, 5.74) is 10.3. The number of hydrogen-bond acceptors (Lipinski definition) is 9. The normalized spacial score (nSPS) is 15.5. The fraction of sp³-hybridized carbons (Fsp3) is 0.240. The number of pyridine rings is 1. The van der Waals surface area contributed by atoms with E-state index in [0.717, 1.165) is 17.4 Å². The number of rotatable bonds is 6. The van der Waals surface area contributed by atoms with E-state index in [1.54, 1.807) is 26.5 Å². The third kappa shape index (κ3) is 4.38. The highest BCUT2D eigenvalue weighted by molar-refractivity contribution is 7.88. The Morgan fingerprint density at radius 1 is 1.08 bits per heavy atom. The van der Waals surface area contributed by atoms with Gasteiger partial charge in [-0.25, -0.2) is 18.1 Å². The van der Waals surface area contributed by atoms with Crippen LogP contribution in [0.2, 0.25) is 0 Å². The van der Waals surface area contributed by atoms with Gasteiger partial charge in [-0.05, 0) is 23.3 Å². The van der Waals surface area contributed by atoms with Crippen molar-refractivity contribution in [1.82, 2.24) is 19.7 Å². The number of benzene rings is 2. The smallest absolute Gasteiger partial charge is 0.228 e. The second-order valence-corrected chi connectivity index (χ2v) is 10.3. The van der Waals surface area contributed by atoms with Crippen LogP contribution in [0.25, 0.3) is 22.2 Å². The first-order chi connectivity index (χ1) is 17.3. The Morgan fingerprint density at radius 2 is 1.86 bits per heavy atom. The van der Waals surface area contributed by atoms with Gasteiger partial charge in [0.25, 0.3) is 0 Å². The molecule has 3 heterocycles. The number of anilines is 2. The predicted octanol–water partition coefficient (Wildman–Crippen LogP) is 2.90. The second-order valence-electron chi connectivity index (χ2n) is 8.53. The number of nitrogens with two attached hydrogens (primary N) is 1. The van der Waals surface area contributed by atoms with E-state index in [1.807, 2.05) is 47.4 Å². The molecule has 0 radical (unpaired) electrons. The molecule has 0 saturated heterocycles. The van der Waals surface area contributed by atoms with Crippen LogP contribution in [0, 0.1) is 0 Å². The van der Waals surface area contributed by atoms with Gasteiger partial charge in [-0.1, -0.05) is 30.3 Å². The highest BCUT2D eigenvalue weighted by atomic mass is 32.2. The van der Waals surface area contributed by atoms with E-state index >= 15 is 0 Å². The third-order valence-corrected chi connectivity index (χ3v) is 6.81. The molecule has 3 N–H and O–H groups in total. The van der Waals surface area contributed by atoms with Crippen molar-refractivity contribution in [2.24, 2.45) is 0 Å². The van der Waals surface area contributed by atoms with Crippen molar-refractivity contribution in [3.63, 3.8) is 0 Å². The van der Waals surface area contributed by atoms with Crippen LogP contribution in [-0.4, -0.2) is 50.4 Å². The molecule has 2 aromatic carbocycles. The molecule has 4 aromatic rings. The van der Waals surface area contributed by atoms with E-state index in [2.05, 4.69) is 14.7 Å². The summed E-state index contributed by atoms with van der Waals surface area (Å²) in [6.45, 7) is 0.846. The quantitative estimate of drug-likeness (QED) is 0.405. The van der Waals surface area contributed by atoms with Gasteiger partial charge in [-0.2, -0.15) is 4.98 Å². The molecular weight excluding hydrogens is 480 g/mol. The Morgan fingerprint density at radius 3 is 2.56 bits per heavy atom. The standard InChI is InChI=1S/C25H26N6O4S/c1-34-20-12-18-22(21(23(20)35-2)17-10-6-7-11-27-17)24(26)29-25(28-18)31-13-15-8-4-5-9-16(15)19(14-31)30-36(3,32)33/h4-12,19,30H,13-14H2,1-3H3,(H2,26,28,29). The Labute approximate surface area is 209 Å². The Hall–Kier alpha value is -3.96. The average Bonchev–Trinajstić information content (AvgIpc) is 2.87. The van der Waals surface area contributed by atoms with Crippen molar-refractivity contribution in [2.45, 2.75) is 12.6 Å². The molecule has 11 heteroatoms. The number of aromatic nitrogens is 3. The molecule has 1 atom stereocenters. The van der Waals surface area contributed by atoms with Crippen molar-refractivity contribution in [3.8, 4) is 22.8 Å². The van der Waals surface area contributed by atoms with Crippen molar-refractivity contribution < 1.29 is 17.9 Å². The molecule has 0 fully saturated rings. The molecular formula is C25H26N6O4S. The highest BCUT2D eigenvalue weighted by Crippen LogP contribution is 2.45. The van der Waals surface area contributed by atoms with E-state index in [9.17, 15) is 8.42 Å². The summed E-state index contributed by atoms with van der Waals surface area (Å²) in [6.07, 6.45) is 2.84. The Bertz CT molecular complexity index is 1550. The number of nitrogens with one attached hydrogen (secondary N) is 1. The molecule has 1 aliphatic heterocycles. The van der Waals surface area contributed by atoms with Crippen LogP contribution in [0.1, 0.15) is 17.2 Å². The number of hydrogen-bond donors (Lipinski definition) is 2. The van der Waals surface area contributed by atoms with E-state index in [4.69, 9.17) is 20.2 Å². The summed E-state index contributed by atoms with van der Waals surface area (Å²) in [5, 5.41) is 0.596. The molecule has 0 spiro atoms. The first-order valence-electron chi connectivity index (χ1n) is 11.2. The van der Waals surface area contributed by atoms with Gasteiger partial charge < -0.3 is 20.1 Å². The van der Waals surface area contributed by atoms with Gasteiger partial charge >= 0.3 is 0 Å². The van der Waals surface area contributed by atoms with E-state index < -0.39 is 16.1 Å². The summed E-state index contributed by atoms with van der Waals surface area (Å²) in [4.78, 5) is 15.9. The minimum absolute atomic E-state index is 0.253. The first kappa shape index (κ1) is 23.8. The van der Waals surface area contributed by atoms with Crippen LogP contribution >= 0.6 is 0 Å². The maximum Gasteiger partial charge on any atom is 0.228 e. The van der Waals surface area contributed by atoms with Crippen LogP contribution in [0.15, 0.2) is 54.7 Å². The highest BCUT2D eigenvalue weighted by Gasteiger charge is 2.30. The molecule has 0 bridgehead atoms. The topological polar surface area (TPSA) is 133 Å². The fourth-order valence-corrected chi connectivity index (χ4v) is 5.36. The zero-order chi connectivity index (χ0) is 25.4. The first-order valence-corrected chi connectivity index (χ1v) is 13.1. The summed E-state index contributed by atoms with van der Waals surface area (Å²) in [6, 6.07) is 14.6. The van der Waals surface area contributed by atoms with Crippen LogP contribution < -0.4 is 24.8 Å². The molecule has 0 aliphatic carbocycles. The van der Waals surface area contributed by atoms with E-state index in [-0.39, 0.29) is 5.82 Å². The average molecular weight is 507 g/mol. The number of nitrogen functional groups attached to an aromatic ring is 1. The molecule has 186 valence electrons. The van der Waals surface area contributed by atoms with Crippen molar-refractivity contribution >= 4 is 32.7 Å². The molecule has 2 aromatic heterocycles. The van der Waals surface area contributed by atoms with Crippen molar-refractivity contribution in [3.05, 3.63) is 65.9 Å². The molecule has 10 nitrogen and oxygen atoms in total. The molecule has 0 saturated carbocycles. The van der Waals surface area contributed by atoms with E-state index in [0.29, 0.717) is 52.7 Å². The van der Waals surface area contributed by atoms with Crippen molar-refractivity contribution in [2.75, 3.05) is 37.7 Å². The molecule has 36 heavy (non-hydrogen) atoms. The zero-order valence-electron chi connectivity index (χ0n) is 20.1. The number of nitrogens with zero attached hydrogens (tertiary/aromatic N) is 4. The lowest BCUT2D eigenvalue weighted by Crippen LogP contribution is -2.42. The Balaban J connectivity index is 1.67. The van der Waals surface area contributed by atoms with Gasteiger partial charge in [0.1, 0.15) is 5.82 Å². The number of sulfonamides is 1. The fourth-order valence-electron chi connectivity index (χ4n) is 4.64. The predicted molar refractivity (Wildman–Crippen MR) is 138 cm³/mol. The summed E-state index contributed by atoms with van der Waals surface area (Å²) in [7, 11) is -0.334. The van der Waals surface area contributed by atoms with Gasteiger partial charge in [0, 0.05) is 25.4 Å². The van der Waals surface area contributed by atoms with Gasteiger partial charge in [-0.15, -0.1) is 0 Å². The zero-order valence-corrected chi connectivity index (χ0v) is 20.9. The molecule has 0 amide bonds. The van der Waals surface area contributed by atoms with Crippen LogP contribution in [0.5, 0.6) is 11.5 Å². The molecule has 5 rings (SSSR count). The lowest BCUT2D eigenvalue weighted by molar-refractivity contribution is 0.357. The van der Waals surface area contributed by atoms with E-state index in [1.165, 1.54) is 0 Å². The van der Waals surface area contributed by atoms with Crippen LogP contribution in [0.4, 0.5) is 11.8 Å². The van der Waals surface area contributed by atoms with Crippen molar-refractivity contribution in [1.29, 1.82) is 0 Å². The molecule has 1 unspecified atom stereocenters. The largest absolute Gasteiger partial charge is 0.493 e.